The average molecular weight is 315 g/mol. The molecule has 0 unspecified atom stereocenters. The second kappa shape index (κ2) is 6.37. The number of hydrogen-bond donors (Lipinski definition) is 2. The highest BCUT2D eigenvalue weighted by atomic mass is 35.5. The minimum absolute atomic E-state index is 0.0307. The Bertz CT molecular complexity index is 623. The number of carbonyl (C=O) groups is 1. The van der Waals surface area contributed by atoms with E-state index in [1.54, 1.807) is 7.11 Å². The summed E-state index contributed by atoms with van der Waals surface area (Å²) in [7, 11) is 1.59. The van der Waals surface area contributed by atoms with Gasteiger partial charge in [-0.15, -0.1) is 0 Å². The molecule has 1 heterocycles. The van der Waals surface area contributed by atoms with Crippen molar-refractivity contribution >= 4 is 40.0 Å². The van der Waals surface area contributed by atoms with Gasteiger partial charge in [-0.3, -0.25) is 4.79 Å². The maximum absolute atomic E-state index is 10.9. The van der Waals surface area contributed by atoms with Crippen molar-refractivity contribution in [3.05, 3.63) is 29.5 Å². The molecule has 1 aromatic carbocycles. The van der Waals surface area contributed by atoms with Crippen LogP contribution in [0.1, 0.15) is 22.9 Å². The number of amides is 1. The van der Waals surface area contributed by atoms with Gasteiger partial charge in [0.15, 0.2) is 0 Å². The van der Waals surface area contributed by atoms with Gasteiger partial charge < -0.3 is 15.0 Å². The topological polar surface area (TPSA) is 54.1 Å². The van der Waals surface area contributed by atoms with E-state index in [4.69, 9.17) is 27.9 Å². The van der Waals surface area contributed by atoms with Crippen molar-refractivity contribution in [2.75, 3.05) is 13.7 Å². The first-order valence-electron chi connectivity index (χ1n) is 6.23. The lowest BCUT2D eigenvalue weighted by Crippen LogP contribution is -2.22. The average Bonchev–Trinajstić information content (AvgIpc) is 2.79. The van der Waals surface area contributed by atoms with Crippen LogP contribution in [0.5, 0.6) is 5.75 Å². The molecule has 4 nitrogen and oxygen atoms in total. The van der Waals surface area contributed by atoms with Crippen LogP contribution in [-0.4, -0.2) is 24.5 Å². The van der Waals surface area contributed by atoms with E-state index in [-0.39, 0.29) is 5.91 Å². The molecule has 20 heavy (non-hydrogen) atoms. The molecule has 1 aromatic heterocycles. The first-order valence-corrected chi connectivity index (χ1v) is 7.10. The Morgan fingerprint density at radius 2 is 2.20 bits per heavy atom. The summed E-state index contributed by atoms with van der Waals surface area (Å²) in [6.07, 6.45) is 2.67. The fourth-order valence-electron chi connectivity index (χ4n) is 2.15. The highest BCUT2D eigenvalue weighted by molar-refractivity contribution is 6.44. The summed E-state index contributed by atoms with van der Waals surface area (Å²) in [5.41, 5.74) is 2.79. The lowest BCUT2D eigenvalue weighted by Gasteiger charge is -2.10. The second-order valence-corrected chi connectivity index (χ2v) is 5.58. The van der Waals surface area contributed by atoms with Crippen LogP contribution < -0.4 is 10.1 Å². The van der Waals surface area contributed by atoms with E-state index in [1.807, 2.05) is 18.3 Å². The van der Waals surface area contributed by atoms with Gasteiger partial charge in [-0.05, 0) is 24.1 Å². The van der Waals surface area contributed by atoms with Crippen molar-refractivity contribution in [2.24, 2.45) is 0 Å². The number of rotatable bonds is 5. The molecule has 0 fully saturated rings. The first-order chi connectivity index (χ1) is 9.52. The number of H-pyrrole nitrogens is 1. The van der Waals surface area contributed by atoms with Gasteiger partial charge in [-0.1, -0.05) is 23.2 Å². The van der Waals surface area contributed by atoms with Gasteiger partial charge in [0.05, 0.1) is 7.11 Å². The number of nitrogens with one attached hydrogen (secondary N) is 2. The third-order valence-electron chi connectivity index (χ3n) is 3.12. The van der Waals surface area contributed by atoms with Crippen molar-refractivity contribution < 1.29 is 9.53 Å². The molecule has 6 heteroatoms. The van der Waals surface area contributed by atoms with E-state index in [9.17, 15) is 4.79 Å². The van der Waals surface area contributed by atoms with Gasteiger partial charge in [-0.25, -0.2) is 0 Å². The van der Waals surface area contributed by atoms with Crippen molar-refractivity contribution in [1.82, 2.24) is 10.3 Å². The molecule has 0 atom stereocenters. The molecule has 2 aromatic rings. The second-order valence-electron chi connectivity index (χ2n) is 4.49. The Labute approximate surface area is 127 Å². The number of aromatic nitrogens is 1. The molecule has 108 valence electrons. The Balaban J connectivity index is 2.32. The molecule has 2 N–H and O–H groups in total. The van der Waals surface area contributed by atoms with Crippen molar-refractivity contribution in [3.63, 3.8) is 0 Å². The Morgan fingerprint density at radius 1 is 1.45 bits per heavy atom. The van der Waals surface area contributed by atoms with Gasteiger partial charge in [0.1, 0.15) is 10.6 Å². The zero-order valence-corrected chi connectivity index (χ0v) is 12.8. The predicted molar refractivity (Wildman–Crippen MR) is 81.7 cm³/mol. The van der Waals surface area contributed by atoms with E-state index >= 15 is 0 Å². The summed E-state index contributed by atoms with van der Waals surface area (Å²) < 4.78 is 5.33. The molecule has 1 amide bonds. The van der Waals surface area contributed by atoms with Gasteiger partial charge in [-0.2, -0.15) is 0 Å². The number of hydrogen-bond acceptors (Lipinski definition) is 2. The van der Waals surface area contributed by atoms with Crippen LogP contribution >= 0.6 is 23.2 Å². The highest BCUT2D eigenvalue weighted by Crippen LogP contribution is 2.36. The normalized spacial score (nSPS) is 11.1. The first kappa shape index (κ1) is 15.0. The van der Waals surface area contributed by atoms with Crippen LogP contribution in [0, 0.1) is 0 Å². The van der Waals surface area contributed by atoms with Gasteiger partial charge in [0.2, 0.25) is 5.91 Å². The Kier molecular flexibility index (Phi) is 4.78. The summed E-state index contributed by atoms with van der Waals surface area (Å²) in [6.45, 7) is 2.10. The van der Waals surface area contributed by atoms with Gasteiger partial charge in [0.25, 0.3) is 0 Å². The van der Waals surface area contributed by atoms with Crippen molar-refractivity contribution in [1.29, 1.82) is 0 Å². The summed E-state index contributed by atoms with van der Waals surface area (Å²) in [4.78, 5) is 13.4. The third kappa shape index (κ3) is 3.19. The zero-order chi connectivity index (χ0) is 14.7. The Hall–Kier alpha value is -1.39. The lowest BCUT2D eigenvalue weighted by molar-refractivity contribution is -0.118. The standard InChI is InChI=1S/C14H16Cl2N2O2/c1-8(19)17-4-3-9-7-18-12-5-11(14(15)16)13(20-2)6-10(9)12/h5-7,14,18H,3-4H2,1-2H3,(H,17,19). The fourth-order valence-corrected chi connectivity index (χ4v) is 2.49. The van der Waals surface area contributed by atoms with Gasteiger partial charge >= 0.3 is 0 Å². The molecule has 0 bridgehead atoms. The quantitative estimate of drug-likeness (QED) is 0.832. The molecular weight excluding hydrogens is 299 g/mol. The van der Waals surface area contributed by atoms with Crippen LogP contribution in [0.3, 0.4) is 0 Å². The van der Waals surface area contributed by atoms with E-state index in [0.717, 1.165) is 28.5 Å². The number of aromatic amines is 1. The number of methoxy groups -OCH3 is 1. The number of halogens is 2. The molecule has 0 radical (unpaired) electrons. The lowest BCUT2D eigenvalue weighted by atomic mass is 10.1. The SMILES string of the molecule is COc1cc2c(CCNC(C)=O)c[nH]c2cc1C(Cl)Cl. The maximum atomic E-state index is 10.9. The summed E-state index contributed by atoms with van der Waals surface area (Å²) >= 11 is 11.9. The predicted octanol–water partition coefficient (Wildman–Crippen LogP) is 3.33. The zero-order valence-electron chi connectivity index (χ0n) is 11.3. The van der Waals surface area contributed by atoms with Crippen LogP contribution in [-0.2, 0) is 11.2 Å². The largest absolute Gasteiger partial charge is 0.496 e. The third-order valence-corrected chi connectivity index (χ3v) is 3.59. The summed E-state index contributed by atoms with van der Waals surface area (Å²) in [6, 6.07) is 3.81. The van der Waals surface area contributed by atoms with Crippen LogP contribution in [0.4, 0.5) is 0 Å². The van der Waals surface area contributed by atoms with Gasteiger partial charge in [0, 0.05) is 36.1 Å². The highest BCUT2D eigenvalue weighted by Gasteiger charge is 2.14. The van der Waals surface area contributed by atoms with E-state index in [2.05, 4.69) is 10.3 Å². The van der Waals surface area contributed by atoms with Crippen molar-refractivity contribution in [3.8, 4) is 5.75 Å². The van der Waals surface area contributed by atoms with Crippen LogP contribution in [0.2, 0.25) is 0 Å². The van der Waals surface area contributed by atoms with Crippen LogP contribution in [0.15, 0.2) is 18.3 Å². The monoisotopic (exact) mass is 314 g/mol. The Morgan fingerprint density at radius 3 is 2.80 bits per heavy atom. The molecular formula is C14H16Cl2N2O2. The molecule has 2 rings (SSSR count). The minimum atomic E-state index is -0.638. The van der Waals surface area contributed by atoms with E-state index < -0.39 is 4.84 Å². The smallest absolute Gasteiger partial charge is 0.216 e. The molecule has 0 saturated heterocycles. The number of carbonyl (C=O) groups excluding carboxylic acids is 1. The summed E-state index contributed by atoms with van der Waals surface area (Å²) in [5, 5.41) is 3.83. The van der Waals surface area contributed by atoms with Crippen LogP contribution in [0.25, 0.3) is 10.9 Å². The van der Waals surface area contributed by atoms with E-state index in [1.165, 1.54) is 6.92 Å². The minimum Gasteiger partial charge on any atom is -0.496 e. The molecule has 0 aliphatic heterocycles. The molecule has 0 spiro atoms. The number of alkyl halides is 2. The maximum Gasteiger partial charge on any atom is 0.216 e. The molecule has 0 saturated carbocycles. The fraction of sp³-hybridized carbons (Fsp3) is 0.357. The molecule has 0 aliphatic carbocycles. The number of fused-ring (bicyclic) bond motifs is 1. The number of ether oxygens (including phenoxy) is 1. The van der Waals surface area contributed by atoms with Crippen molar-refractivity contribution in [2.45, 2.75) is 18.2 Å². The summed E-state index contributed by atoms with van der Waals surface area (Å²) in [5.74, 6) is 0.629. The van der Waals surface area contributed by atoms with E-state index in [0.29, 0.717) is 12.3 Å². The number of benzene rings is 1. The molecule has 0 aliphatic rings.